The predicted octanol–water partition coefficient (Wildman–Crippen LogP) is 2.59. The van der Waals surface area contributed by atoms with E-state index in [1.807, 2.05) is 6.08 Å². The average molecular weight is 390 g/mol. The molecular formula is C22H26N6O. The summed E-state index contributed by atoms with van der Waals surface area (Å²) >= 11 is 0. The number of hydrogen-bond donors (Lipinski definition) is 2. The second kappa shape index (κ2) is 7.91. The highest BCUT2D eigenvalue weighted by Gasteiger charge is 2.27. The predicted molar refractivity (Wildman–Crippen MR) is 111 cm³/mol. The molecule has 2 aromatic rings. The lowest BCUT2D eigenvalue weighted by Gasteiger charge is -2.27. The molecule has 2 N–H and O–H groups in total. The highest BCUT2D eigenvalue weighted by Crippen LogP contribution is 2.31. The minimum absolute atomic E-state index is 0.180. The summed E-state index contributed by atoms with van der Waals surface area (Å²) in [5.74, 6) is -0.180. The third-order valence-corrected chi connectivity index (χ3v) is 6.16. The minimum atomic E-state index is -0.180. The van der Waals surface area contributed by atoms with Crippen LogP contribution in [0.3, 0.4) is 0 Å². The molecule has 7 nitrogen and oxygen atoms in total. The Morgan fingerprint density at radius 3 is 2.66 bits per heavy atom. The van der Waals surface area contributed by atoms with Gasteiger partial charge in [-0.25, -0.2) is 15.4 Å². The fourth-order valence-corrected chi connectivity index (χ4v) is 4.68. The topological polar surface area (TPSA) is 86.3 Å². The molecule has 2 aromatic heterocycles. The van der Waals surface area contributed by atoms with Gasteiger partial charge in [-0.1, -0.05) is 6.42 Å². The maximum absolute atomic E-state index is 12.5. The van der Waals surface area contributed by atoms with E-state index in [1.54, 1.807) is 12.4 Å². The van der Waals surface area contributed by atoms with Crippen molar-refractivity contribution in [1.29, 1.82) is 0 Å². The number of H-pyrrole nitrogens is 1. The van der Waals surface area contributed by atoms with Crippen LogP contribution >= 0.6 is 0 Å². The van der Waals surface area contributed by atoms with E-state index in [0.29, 0.717) is 11.3 Å². The number of fused-ring (bicyclic) bond motifs is 1. The Kier molecular flexibility index (Phi) is 4.97. The molecule has 2 aliphatic heterocycles. The number of hydrazone groups is 1. The van der Waals surface area contributed by atoms with Gasteiger partial charge < -0.3 is 4.98 Å². The summed E-state index contributed by atoms with van der Waals surface area (Å²) in [7, 11) is 0. The van der Waals surface area contributed by atoms with E-state index in [2.05, 4.69) is 30.4 Å². The third-order valence-electron chi connectivity index (χ3n) is 6.16. The first-order valence-electron chi connectivity index (χ1n) is 10.6. The number of amides is 1. The summed E-state index contributed by atoms with van der Waals surface area (Å²) in [6.07, 6.45) is 15.4. The van der Waals surface area contributed by atoms with Crippen molar-refractivity contribution in [2.75, 3.05) is 13.1 Å². The number of carbonyl (C=O) groups excluding carboxylic acids is 1. The van der Waals surface area contributed by atoms with Gasteiger partial charge in [0.2, 0.25) is 0 Å². The van der Waals surface area contributed by atoms with Gasteiger partial charge in [0.15, 0.2) is 0 Å². The van der Waals surface area contributed by atoms with Crippen LogP contribution in [0.5, 0.6) is 0 Å². The number of aryl methyl sites for hydroxylation is 1. The second-order valence-electron chi connectivity index (χ2n) is 8.10. The Labute approximate surface area is 170 Å². The van der Waals surface area contributed by atoms with Gasteiger partial charge in [-0.05, 0) is 68.8 Å². The molecular weight excluding hydrogens is 364 g/mol. The molecule has 0 radical (unpaired) electrons. The fourth-order valence-electron chi connectivity index (χ4n) is 4.68. The SMILES string of the molecule is O=C1NN=C(c2cncnc2)C1=Cc1[nH]c2c(c1CN1CCCCC1)CCCC2. The van der Waals surface area contributed by atoms with Crippen molar-refractivity contribution in [3.05, 3.63) is 52.4 Å². The number of rotatable bonds is 4. The maximum atomic E-state index is 12.5. The molecule has 1 saturated heterocycles. The van der Waals surface area contributed by atoms with Gasteiger partial charge in [0.1, 0.15) is 12.0 Å². The van der Waals surface area contributed by atoms with Crippen LogP contribution in [0.4, 0.5) is 0 Å². The van der Waals surface area contributed by atoms with Crippen molar-refractivity contribution < 1.29 is 4.79 Å². The zero-order valence-electron chi connectivity index (χ0n) is 16.6. The summed E-state index contributed by atoms with van der Waals surface area (Å²) in [5.41, 5.74) is 9.74. The highest BCUT2D eigenvalue weighted by molar-refractivity contribution is 6.33. The number of carbonyl (C=O) groups is 1. The van der Waals surface area contributed by atoms with Crippen LogP contribution in [0.2, 0.25) is 0 Å². The smallest absolute Gasteiger partial charge is 0.273 e. The molecule has 1 fully saturated rings. The lowest BCUT2D eigenvalue weighted by atomic mass is 9.93. The summed E-state index contributed by atoms with van der Waals surface area (Å²) in [5, 5.41) is 4.24. The first-order chi connectivity index (χ1) is 14.3. The van der Waals surface area contributed by atoms with Crippen LogP contribution in [0.1, 0.15) is 60.2 Å². The molecule has 0 spiro atoms. The Bertz CT molecular complexity index is 969. The molecule has 0 saturated carbocycles. The molecule has 1 aliphatic carbocycles. The van der Waals surface area contributed by atoms with Gasteiger partial charge in [-0.2, -0.15) is 5.10 Å². The molecule has 0 unspecified atom stereocenters. The summed E-state index contributed by atoms with van der Waals surface area (Å²) in [6, 6.07) is 0. The number of nitrogens with zero attached hydrogens (tertiary/aromatic N) is 4. The Morgan fingerprint density at radius 2 is 1.83 bits per heavy atom. The number of hydrogen-bond acceptors (Lipinski definition) is 5. The van der Waals surface area contributed by atoms with E-state index in [4.69, 9.17) is 0 Å². The fraction of sp³-hybridized carbons (Fsp3) is 0.455. The van der Waals surface area contributed by atoms with E-state index in [-0.39, 0.29) is 5.91 Å². The lowest BCUT2D eigenvalue weighted by molar-refractivity contribution is -0.116. The molecule has 4 heterocycles. The first kappa shape index (κ1) is 18.2. The molecule has 3 aliphatic rings. The molecule has 1 amide bonds. The van der Waals surface area contributed by atoms with Crippen molar-refractivity contribution in [3.8, 4) is 0 Å². The van der Waals surface area contributed by atoms with Crippen LogP contribution < -0.4 is 5.43 Å². The van der Waals surface area contributed by atoms with Gasteiger partial charge in [0.25, 0.3) is 5.91 Å². The molecule has 7 heteroatoms. The summed E-state index contributed by atoms with van der Waals surface area (Å²) < 4.78 is 0. The molecule has 0 bridgehead atoms. The average Bonchev–Trinajstić information content (AvgIpc) is 3.30. The zero-order chi connectivity index (χ0) is 19.6. The van der Waals surface area contributed by atoms with E-state index in [1.165, 1.54) is 55.3 Å². The molecule has 5 rings (SSSR count). The largest absolute Gasteiger partial charge is 0.358 e. The molecule has 0 aromatic carbocycles. The standard InChI is InChI=1S/C22H26N6O/c29-22-17(21(26-27-22)15-11-23-14-24-12-15)10-20-18(13-28-8-4-1-5-9-28)16-6-2-3-7-19(16)25-20/h10-12,14,25H,1-9,13H2,(H,27,29). The number of aromatic nitrogens is 3. The van der Waals surface area contributed by atoms with Gasteiger partial charge in [0.05, 0.1) is 5.57 Å². The van der Waals surface area contributed by atoms with Gasteiger partial charge in [-0.3, -0.25) is 9.69 Å². The number of piperidine rings is 1. The van der Waals surface area contributed by atoms with Crippen LogP contribution in [-0.4, -0.2) is 44.6 Å². The van der Waals surface area contributed by atoms with Crippen LogP contribution in [0.15, 0.2) is 29.4 Å². The number of aromatic amines is 1. The van der Waals surface area contributed by atoms with Crippen LogP contribution in [-0.2, 0) is 24.2 Å². The summed E-state index contributed by atoms with van der Waals surface area (Å²) in [6.45, 7) is 3.27. The second-order valence-corrected chi connectivity index (χ2v) is 8.10. The molecule has 0 atom stereocenters. The van der Waals surface area contributed by atoms with Crippen molar-refractivity contribution in [2.24, 2.45) is 5.10 Å². The molecule has 29 heavy (non-hydrogen) atoms. The minimum Gasteiger partial charge on any atom is -0.358 e. The van der Waals surface area contributed by atoms with Crippen molar-refractivity contribution in [2.45, 2.75) is 51.5 Å². The quantitative estimate of drug-likeness (QED) is 0.786. The van der Waals surface area contributed by atoms with Gasteiger partial charge >= 0.3 is 0 Å². The van der Waals surface area contributed by atoms with E-state index in [0.717, 1.165) is 43.7 Å². The number of nitrogens with one attached hydrogen (secondary N) is 2. The Morgan fingerprint density at radius 1 is 1.03 bits per heavy atom. The monoisotopic (exact) mass is 390 g/mol. The Hall–Kier alpha value is -2.80. The van der Waals surface area contributed by atoms with Crippen molar-refractivity contribution in [3.63, 3.8) is 0 Å². The lowest BCUT2D eigenvalue weighted by Crippen LogP contribution is -2.29. The van der Waals surface area contributed by atoms with Gasteiger partial charge in [0, 0.05) is 35.9 Å². The first-order valence-corrected chi connectivity index (χ1v) is 10.6. The maximum Gasteiger partial charge on any atom is 0.273 e. The van der Waals surface area contributed by atoms with E-state index >= 15 is 0 Å². The van der Waals surface area contributed by atoms with E-state index < -0.39 is 0 Å². The number of likely N-dealkylation sites (tertiary alicyclic amines) is 1. The Balaban J connectivity index is 1.53. The third kappa shape index (κ3) is 3.62. The molecule has 150 valence electrons. The zero-order valence-corrected chi connectivity index (χ0v) is 16.6. The normalized spacial score (nSPS) is 21.2. The highest BCUT2D eigenvalue weighted by atomic mass is 16.2. The van der Waals surface area contributed by atoms with Crippen LogP contribution in [0, 0.1) is 0 Å². The van der Waals surface area contributed by atoms with Crippen molar-refractivity contribution >= 4 is 17.7 Å². The van der Waals surface area contributed by atoms with Gasteiger partial charge in [-0.15, -0.1) is 0 Å². The summed E-state index contributed by atoms with van der Waals surface area (Å²) in [4.78, 5) is 26.9. The van der Waals surface area contributed by atoms with E-state index in [9.17, 15) is 4.79 Å². The van der Waals surface area contributed by atoms with Crippen LogP contribution in [0.25, 0.3) is 6.08 Å². The van der Waals surface area contributed by atoms with Crippen molar-refractivity contribution in [1.82, 2.24) is 25.3 Å².